The number of hydrogen-bond donors (Lipinski definition) is 1. The minimum atomic E-state index is 0.0418. The van der Waals surface area contributed by atoms with Crippen molar-refractivity contribution in [3.63, 3.8) is 0 Å². The molecule has 34 heavy (non-hydrogen) atoms. The summed E-state index contributed by atoms with van der Waals surface area (Å²) in [7, 11) is 3.28. The van der Waals surface area contributed by atoms with Crippen LogP contribution in [0.2, 0.25) is 0 Å². The van der Waals surface area contributed by atoms with Crippen LogP contribution in [-0.4, -0.2) is 36.6 Å². The highest BCUT2D eigenvalue weighted by Crippen LogP contribution is 2.42. The number of methoxy groups -OCH3 is 2. The smallest absolute Gasteiger partial charge is 0.223 e. The number of fused-ring (bicyclic) bond motifs is 1. The number of amides is 1. The fourth-order valence-electron chi connectivity index (χ4n) is 5.06. The molecule has 1 aliphatic rings. The van der Waals surface area contributed by atoms with Crippen LogP contribution in [0.15, 0.2) is 66.7 Å². The first-order chi connectivity index (χ1) is 16.6. The number of likely N-dealkylation sites (tertiary alicyclic amines) is 1. The Morgan fingerprint density at radius 3 is 2.50 bits per heavy atom. The molecule has 0 unspecified atom stereocenters. The van der Waals surface area contributed by atoms with Gasteiger partial charge in [0.15, 0.2) is 11.5 Å². The average Bonchev–Trinajstić information content (AvgIpc) is 3.42. The first-order valence-electron chi connectivity index (χ1n) is 11.8. The van der Waals surface area contributed by atoms with Crippen LogP contribution in [0.1, 0.15) is 35.6 Å². The van der Waals surface area contributed by atoms with Crippen LogP contribution in [0.25, 0.3) is 22.2 Å². The zero-order chi connectivity index (χ0) is 23.7. The molecule has 0 bridgehead atoms. The molecule has 0 aliphatic carbocycles. The molecule has 4 aromatic rings. The van der Waals surface area contributed by atoms with Crippen molar-refractivity contribution < 1.29 is 14.3 Å². The van der Waals surface area contributed by atoms with E-state index in [4.69, 9.17) is 9.47 Å². The van der Waals surface area contributed by atoms with Gasteiger partial charge in [-0.25, -0.2) is 0 Å². The van der Waals surface area contributed by atoms with Crippen molar-refractivity contribution in [3.8, 4) is 22.8 Å². The van der Waals surface area contributed by atoms with Gasteiger partial charge >= 0.3 is 0 Å². The number of ether oxygens (including phenoxy) is 2. The van der Waals surface area contributed by atoms with Crippen molar-refractivity contribution in [1.82, 2.24) is 9.88 Å². The molecule has 174 valence electrons. The second-order valence-electron chi connectivity index (χ2n) is 8.91. The number of aromatic amines is 1. The molecule has 1 saturated heterocycles. The number of aryl methyl sites for hydroxylation is 1. The highest BCUT2D eigenvalue weighted by atomic mass is 16.5. The first-order valence-corrected chi connectivity index (χ1v) is 11.8. The van der Waals surface area contributed by atoms with Crippen LogP contribution in [0.3, 0.4) is 0 Å². The fraction of sp³-hybridized carbons (Fsp3) is 0.276. The van der Waals surface area contributed by atoms with Crippen molar-refractivity contribution >= 4 is 16.8 Å². The van der Waals surface area contributed by atoms with Crippen LogP contribution in [0.5, 0.6) is 11.5 Å². The lowest BCUT2D eigenvalue weighted by atomic mass is 9.96. The molecule has 1 N–H and O–H groups in total. The highest BCUT2D eigenvalue weighted by Gasteiger charge is 2.35. The zero-order valence-electron chi connectivity index (χ0n) is 19.9. The molecule has 1 aromatic heterocycles. The number of benzene rings is 3. The van der Waals surface area contributed by atoms with Crippen molar-refractivity contribution in [2.75, 3.05) is 20.8 Å². The third-order valence-corrected chi connectivity index (χ3v) is 6.84. The van der Waals surface area contributed by atoms with E-state index in [0.717, 1.165) is 35.2 Å². The molecule has 5 rings (SSSR count). The van der Waals surface area contributed by atoms with Crippen molar-refractivity contribution in [2.45, 2.75) is 32.2 Å². The quantitative estimate of drug-likeness (QED) is 0.369. The third-order valence-electron chi connectivity index (χ3n) is 6.84. The van der Waals surface area contributed by atoms with E-state index in [-0.39, 0.29) is 11.9 Å². The van der Waals surface area contributed by atoms with E-state index in [2.05, 4.69) is 65.3 Å². The molecule has 5 heteroatoms. The predicted molar refractivity (Wildman–Crippen MR) is 135 cm³/mol. The molecular formula is C29H30N2O3. The van der Waals surface area contributed by atoms with Gasteiger partial charge in [-0.2, -0.15) is 0 Å². The number of aromatic nitrogens is 1. The van der Waals surface area contributed by atoms with Gasteiger partial charge in [0.2, 0.25) is 5.91 Å². The number of H-pyrrole nitrogens is 1. The summed E-state index contributed by atoms with van der Waals surface area (Å²) in [4.78, 5) is 18.7. The summed E-state index contributed by atoms with van der Waals surface area (Å²) in [6, 6.07) is 23.0. The molecule has 1 fully saturated rings. The predicted octanol–water partition coefficient (Wildman–Crippen LogP) is 6.07. The molecule has 2 heterocycles. The fourth-order valence-corrected chi connectivity index (χ4v) is 5.06. The molecule has 3 aromatic carbocycles. The Bertz CT molecular complexity index is 1320. The van der Waals surface area contributed by atoms with Crippen LogP contribution >= 0.6 is 0 Å². The van der Waals surface area contributed by atoms with E-state index in [0.29, 0.717) is 24.5 Å². The normalized spacial score (nSPS) is 15.8. The van der Waals surface area contributed by atoms with E-state index in [1.165, 1.54) is 16.5 Å². The maximum atomic E-state index is 13.0. The number of hydrogen-bond acceptors (Lipinski definition) is 3. The standard InChI is InChI=1S/C29H30N2O3/c1-19-8-11-21(12-9-19)29-28(22-6-4-5-7-23(22)30-29)24-13-15-27(32)31(24)17-16-20-10-14-25(33-2)26(18-20)34-3/h4-12,14,18,24,30H,13,15-17H2,1-3H3/t24-/m0/s1. The van der Waals surface area contributed by atoms with Crippen LogP contribution < -0.4 is 9.47 Å². The van der Waals surface area contributed by atoms with Gasteiger partial charge in [-0.1, -0.05) is 54.1 Å². The van der Waals surface area contributed by atoms with Gasteiger partial charge < -0.3 is 19.4 Å². The average molecular weight is 455 g/mol. The van der Waals surface area contributed by atoms with Crippen molar-refractivity contribution in [3.05, 3.63) is 83.4 Å². The third kappa shape index (κ3) is 4.03. The second-order valence-corrected chi connectivity index (χ2v) is 8.91. The summed E-state index contributed by atoms with van der Waals surface area (Å²) >= 11 is 0. The summed E-state index contributed by atoms with van der Waals surface area (Å²) < 4.78 is 10.8. The number of rotatable bonds is 7. The maximum absolute atomic E-state index is 13.0. The largest absolute Gasteiger partial charge is 0.493 e. The van der Waals surface area contributed by atoms with E-state index in [9.17, 15) is 4.79 Å². The topological polar surface area (TPSA) is 54.6 Å². The van der Waals surface area contributed by atoms with Gasteiger partial charge in [-0.3, -0.25) is 4.79 Å². The van der Waals surface area contributed by atoms with Crippen LogP contribution in [0.4, 0.5) is 0 Å². The number of carbonyl (C=O) groups is 1. The summed E-state index contributed by atoms with van der Waals surface area (Å²) in [5.41, 5.74) is 6.93. The van der Waals surface area contributed by atoms with E-state index < -0.39 is 0 Å². The van der Waals surface area contributed by atoms with E-state index in [1.807, 2.05) is 18.2 Å². The Hall–Kier alpha value is -3.73. The lowest BCUT2D eigenvalue weighted by Crippen LogP contribution is -2.30. The minimum Gasteiger partial charge on any atom is -0.493 e. The first kappa shape index (κ1) is 22.1. The summed E-state index contributed by atoms with van der Waals surface area (Å²) in [5.74, 6) is 1.64. The van der Waals surface area contributed by atoms with Crippen LogP contribution in [0, 0.1) is 6.92 Å². The van der Waals surface area contributed by atoms with Crippen LogP contribution in [-0.2, 0) is 11.2 Å². The Kier molecular flexibility index (Phi) is 6.01. The van der Waals surface area contributed by atoms with Gasteiger partial charge in [0, 0.05) is 29.4 Å². The lowest BCUT2D eigenvalue weighted by Gasteiger charge is -2.26. The highest BCUT2D eigenvalue weighted by molar-refractivity contribution is 5.92. The SMILES string of the molecule is COc1ccc(CCN2C(=O)CC[C@H]2c2c(-c3ccc(C)cc3)[nH]c3ccccc23)cc1OC. The Morgan fingerprint density at radius 1 is 0.971 bits per heavy atom. The molecule has 1 atom stereocenters. The zero-order valence-corrected chi connectivity index (χ0v) is 19.9. The Labute approximate surface area is 200 Å². The van der Waals surface area contributed by atoms with Gasteiger partial charge in [0.25, 0.3) is 0 Å². The number of carbonyl (C=O) groups excluding carboxylic acids is 1. The Balaban J connectivity index is 1.49. The summed E-state index contributed by atoms with van der Waals surface area (Å²) in [6.07, 6.45) is 2.15. The number of nitrogens with zero attached hydrogens (tertiary/aromatic N) is 1. The second kappa shape index (κ2) is 9.26. The van der Waals surface area contributed by atoms with E-state index >= 15 is 0 Å². The molecule has 1 aliphatic heterocycles. The summed E-state index contributed by atoms with van der Waals surface area (Å²) in [6.45, 7) is 2.76. The lowest BCUT2D eigenvalue weighted by molar-refractivity contribution is -0.129. The molecule has 1 amide bonds. The maximum Gasteiger partial charge on any atom is 0.223 e. The van der Waals surface area contributed by atoms with Crippen molar-refractivity contribution in [1.29, 1.82) is 0 Å². The molecule has 0 spiro atoms. The molecule has 0 radical (unpaired) electrons. The number of nitrogens with one attached hydrogen (secondary N) is 1. The van der Waals surface area contributed by atoms with E-state index in [1.54, 1.807) is 14.2 Å². The minimum absolute atomic E-state index is 0.0418. The monoisotopic (exact) mass is 454 g/mol. The molecule has 5 nitrogen and oxygen atoms in total. The van der Waals surface area contributed by atoms with Gasteiger partial charge in [0.05, 0.1) is 26.0 Å². The van der Waals surface area contributed by atoms with Gasteiger partial charge in [-0.15, -0.1) is 0 Å². The summed E-state index contributed by atoms with van der Waals surface area (Å²) in [5, 5.41) is 1.19. The van der Waals surface area contributed by atoms with Crippen molar-refractivity contribution in [2.24, 2.45) is 0 Å². The molecular weight excluding hydrogens is 424 g/mol. The molecule has 0 saturated carbocycles. The Morgan fingerprint density at radius 2 is 1.74 bits per heavy atom. The van der Waals surface area contributed by atoms with Gasteiger partial charge in [-0.05, 0) is 49.1 Å². The number of para-hydroxylation sites is 1. The van der Waals surface area contributed by atoms with Gasteiger partial charge in [0.1, 0.15) is 0 Å².